The predicted octanol–water partition coefficient (Wildman–Crippen LogP) is 4.07. The molecule has 2 N–H and O–H groups in total. The summed E-state index contributed by atoms with van der Waals surface area (Å²) in [6, 6.07) is 8.21. The Bertz CT molecular complexity index is 538. The van der Waals surface area contributed by atoms with Gasteiger partial charge in [0.1, 0.15) is 5.75 Å². The smallest absolute Gasteiger partial charge is 0.122 e. The van der Waals surface area contributed by atoms with E-state index >= 15 is 0 Å². The van der Waals surface area contributed by atoms with Gasteiger partial charge in [-0.1, -0.05) is 12.1 Å². The number of hydrogen-bond acceptors (Lipinski definition) is 3. The van der Waals surface area contributed by atoms with Gasteiger partial charge in [-0.3, -0.25) is 0 Å². The van der Waals surface area contributed by atoms with Crippen LogP contribution in [0.1, 0.15) is 22.0 Å². The number of ether oxygens (including phenoxy) is 1. The minimum Gasteiger partial charge on any atom is -0.496 e. The summed E-state index contributed by atoms with van der Waals surface area (Å²) in [5.74, 6) is 0.896. The number of nitrogens with two attached hydrogens (primary N) is 1. The van der Waals surface area contributed by atoms with E-state index in [9.17, 15) is 0 Å². The zero-order valence-electron chi connectivity index (χ0n) is 10.4. The second kappa shape index (κ2) is 5.87. The van der Waals surface area contributed by atoms with Gasteiger partial charge in [0.05, 0.1) is 7.11 Å². The Balaban J connectivity index is 2.18. The molecule has 0 saturated carbocycles. The van der Waals surface area contributed by atoms with Gasteiger partial charge in [0.25, 0.3) is 0 Å². The second-order valence-electron chi connectivity index (χ2n) is 4.23. The lowest BCUT2D eigenvalue weighted by Crippen LogP contribution is -2.13. The number of halogens is 1. The number of aryl methyl sites for hydroxylation is 1. The van der Waals surface area contributed by atoms with E-state index < -0.39 is 0 Å². The Morgan fingerprint density at radius 1 is 1.39 bits per heavy atom. The van der Waals surface area contributed by atoms with Crippen LogP contribution in [0.25, 0.3) is 0 Å². The number of benzene rings is 1. The molecule has 1 aromatic heterocycles. The molecule has 0 fully saturated rings. The van der Waals surface area contributed by atoms with Crippen molar-refractivity contribution in [1.82, 2.24) is 0 Å². The summed E-state index contributed by atoms with van der Waals surface area (Å²) in [5.41, 5.74) is 8.50. The van der Waals surface area contributed by atoms with Gasteiger partial charge in [0, 0.05) is 21.8 Å². The topological polar surface area (TPSA) is 35.2 Å². The van der Waals surface area contributed by atoms with Gasteiger partial charge in [-0.25, -0.2) is 0 Å². The second-order valence-corrected chi connectivity index (χ2v) is 6.09. The number of thiophene rings is 1. The van der Waals surface area contributed by atoms with E-state index in [1.54, 1.807) is 18.4 Å². The third-order valence-corrected chi connectivity index (χ3v) is 4.91. The van der Waals surface area contributed by atoms with Crippen molar-refractivity contribution in [3.8, 4) is 5.75 Å². The average Bonchev–Trinajstić information content (AvgIpc) is 2.75. The van der Waals surface area contributed by atoms with Crippen LogP contribution in [-0.2, 0) is 6.42 Å². The lowest BCUT2D eigenvalue weighted by atomic mass is 10.0. The maximum absolute atomic E-state index is 6.26. The molecule has 1 unspecified atom stereocenters. The molecule has 2 aromatic rings. The van der Waals surface area contributed by atoms with E-state index in [0.29, 0.717) is 0 Å². The van der Waals surface area contributed by atoms with Crippen LogP contribution < -0.4 is 10.5 Å². The van der Waals surface area contributed by atoms with Crippen molar-refractivity contribution in [2.45, 2.75) is 19.4 Å². The van der Waals surface area contributed by atoms with Crippen LogP contribution in [-0.4, -0.2) is 7.11 Å². The highest BCUT2D eigenvalue weighted by Crippen LogP contribution is 2.29. The van der Waals surface area contributed by atoms with E-state index in [2.05, 4.69) is 39.5 Å². The van der Waals surface area contributed by atoms with Gasteiger partial charge in [-0.15, -0.1) is 11.3 Å². The fraction of sp³-hybridized carbons (Fsp3) is 0.286. The summed E-state index contributed by atoms with van der Waals surface area (Å²) in [7, 11) is 1.69. The largest absolute Gasteiger partial charge is 0.496 e. The van der Waals surface area contributed by atoms with E-state index in [1.165, 1.54) is 4.88 Å². The monoisotopic (exact) mass is 325 g/mol. The summed E-state index contributed by atoms with van der Waals surface area (Å²) in [6.45, 7) is 2.03. The van der Waals surface area contributed by atoms with Gasteiger partial charge in [-0.05, 0) is 51.5 Å². The molecule has 0 aliphatic carbocycles. The highest BCUT2D eigenvalue weighted by molar-refractivity contribution is 9.10. The minimum atomic E-state index is -0.00514. The molecule has 1 heterocycles. The Morgan fingerprint density at radius 2 is 2.17 bits per heavy atom. The summed E-state index contributed by atoms with van der Waals surface area (Å²) < 4.78 is 6.47. The molecule has 0 spiro atoms. The molecular weight excluding hydrogens is 310 g/mol. The van der Waals surface area contributed by atoms with Crippen molar-refractivity contribution in [2.24, 2.45) is 5.73 Å². The minimum absolute atomic E-state index is 0.00514. The Morgan fingerprint density at radius 3 is 2.78 bits per heavy atom. The lowest BCUT2D eigenvalue weighted by molar-refractivity contribution is 0.410. The molecule has 96 valence electrons. The summed E-state index contributed by atoms with van der Waals surface area (Å²) in [4.78, 5) is 1.28. The first-order valence-corrected chi connectivity index (χ1v) is 7.41. The molecule has 0 bridgehead atoms. The normalized spacial score (nSPS) is 12.4. The fourth-order valence-corrected chi connectivity index (χ4v) is 3.43. The van der Waals surface area contributed by atoms with Crippen LogP contribution in [0.4, 0.5) is 0 Å². The molecule has 0 aliphatic heterocycles. The number of methoxy groups -OCH3 is 1. The van der Waals surface area contributed by atoms with Gasteiger partial charge in [0.2, 0.25) is 0 Å². The van der Waals surface area contributed by atoms with Crippen molar-refractivity contribution >= 4 is 27.3 Å². The van der Waals surface area contributed by atoms with Crippen molar-refractivity contribution in [3.05, 3.63) is 50.1 Å². The predicted molar refractivity (Wildman–Crippen MR) is 80.4 cm³/mol. The molecule has 2 nitrogen and oxygen atoms in total. The third-order valence-electron chi connectivity index (χ3n) is 2.96. The highest BCUT2D eigenvalue weighted by Gasteiger charge is 2.12. The van der Waals surface area contributed by atoms with E-state index in [1.807, 2.05) is 13.0 Å². The van der Waals surface area contributed by atoms with Crippen molar-refractivity contribution in [2.75, 3.05) is 7.11 Å². The molecule has 0 saturated heterocycles. The van der Waals surface area contributed by atoms with Gasteiger partial charge < -0.3 is 10.5 Å². The zero-order valence-corrected chi connectivity index (χ0v) is 12.8. The maximum atomic E-state index is 6.26. The Labute approximate surface area is 120 Å². The molecule has 0 radical (unpaired) electrons. The zero-order chi connectivity index (χ0) is 13.1. The molecule has 4 heteroatoms. The lowest BCUT2D eigenvalue weighted by Gasteiger charge is -2.14. The first-order chi connectivity index (χ1) is 8.61. The van der Waals surface area contributed by atoms with Crippen LogP contribution >= 0.6 is 27.3 Å². The molecule has 0 aliphatic rings. The van der Waals surface area contributed by atoms with Crippen LogP contribution in [0.3, 0.4) is 0 Å². The van der Waals surface area contributed by atoms with Gasteiger partial charge in [0.15, 0.2) is 0 Å². The standard InChI is InChI=1S/C14H16BrNOS/c1-9-3-4-10(7-13(9)17-2)12(16)8-14-11(15)5-6-18-14/h3-7,12H,8,16H2,1-2H3. The van der Waals surface area contributed by atoms with Crippen molar-refractivity contribution in [3.63, 3.8) is 0 Å². The van der Waals surface area contributed by atoms with E-state index in [-0.39, 0.29) is 6.04 Å². The van der Waals surface area contributed by atoms with Crippen LogP contribution in [0.2, 0.25) is 0 Å². The first kappa shape index (κ1) is 13.6. The highest BCUT2D eigenvalue weighted by atomic mass is 79.9. The quantitative estimate of drug-likeness (QED) is 0.919. The third kappa shape index (κ3) is 2.94. The average molecular weight is 326 g/mol. The molecule has 18 heavy (non-hydrogen) atoms. The van der Waals surface area contributed by atoms with E-state index in [0.717, 1.165) is 27.8 Å². The van der Waals surface area contributed by atoms with Crippen molar-refractivity contribution < 1.29 is 4.74 Å². The summed E-state index contributed by atoms with van der Waals surface area (Å²) in [6.07, 6.45) is 0.838. The SMILES string of the molecule is COc1cc(C(N)Cc2sccc2Br)ccc1C. The Kier molecular flexibility index (Phi) is 4.43. The molecule has 1 aromatic carbocycles. The fourth-order valence-electron chi connectivity index (χ4n) is 1.86. The number of rotatable bonds is 4. The van der Waals surface area contributed by atoms with Gasteiger partial charge >= 0.3 is 0 Å². The van der Waals surface area contributed by atoms with E-state index in [4.69, 9.17) is 10.5 Å². The van der Waals surface area contributed by atoms with Crippen LogP contribution in [0.5, 0.6) is 5.75 Å². The first-order valence-electron chi connectivity index (χ1n) is 5.74. The Hall–Kier alpha value is -0.840. The molecule has 1 atom stereocenters. The van der Waals surface area contributed by atoms with Crippen LogP contribution in [0, 0.1) is 6.92 Å². The molecular formula is C14H16BrNOS. The summed E-state index contributed by atoms with van der Waals surface area (Å²) >= 11 is 5.26. The molecule has 2 rings (SSSR count). The van der Waals surface area contributed by atoms with Crippen molar-refractivity contribution in [1.29, 1.82) is 0 Å². The maximum Gasteiger partial charge on any atom is 0.122 e. The molecule has 0 amide bonds. The van der Waals surface area contributed by atoms with Gasteiger partial charge in [-0.2, -0.15) is 0 Å². The number of hydrogen-bond donors (Lipinski definition) is 1. The summed E-state index contributed by atoms with van der Waals surface area (Å²) in [5, 5.41) is 2.07. The van der Waals surface area contributed by atoms with Crippen LogP contribution in [0.15, 0.2) is 34.1 Å².